The highest BCUT2D eigenvalue weighted by atomic mass is 16.6. The van der Waals surface area contributed by atoms with Gasteiger partial charge in [-0.15, -0.1) is 0 Å². The second-order valence-corrected chi connectivity index (χ2v) is 9.78. The van der Waals surface area contributed by atoms with Crippen LogP contribution >= 0.6 is 0 Å². The molecule has 0 radical (unpaired) electrons. The summed E-state index contributed by atoms with van der Waals surface area (Å²) in [6.45, 7) is 11.9. The van der Waals surface area contributed by atoms with Crippen LogP contribution in [0.1, 0.15) is 58.2 Å². The second kappa shape index (κ2) is 11.1. The molecule has 1 atom stereocenters. The van der Waals surface area contributed by atoms with Gasteiger partial charge in [0, 0.05) is 13.1 Å². The Kier molecular flexibility index (Phi) is 8.84. The van der Waals surface area contributed by atoms with Gasteiger partial charge in [0.05, 0.1) is 0 Å². The van der Waals surface area contributed by atoms with Crippen molar-refractivity contribution in [2.24, 2.45) is 0 Å². The van der Waals surface area contributed by atoms with Gasteiger partial charge in [-0.1, -0.05) is 54.6 Å². The van der Waals surface area contributed by atoms with Gasteiger partial charge in [0.2, 0.25) is 0 Å². The normalized spacial score (nSPS) is 12.7. The molecule has 0 spiro atoms. The van der Waals surface area contributed by atoms with E-state index in [4.69, 9.17) is 9.47 Å². The van der Waals surface area contributed by atoms with Crippen LogP contribution in [0.2, 0.25) is 0 Å². The number of carbonyl (C=O) groups excluding carboxylic acids is 2. The number of ether oxygens (including phenoxy) is 2. The first-order chi connectivity index (χ1) is 14.9. The molecule has 2 aromatic rings. The number of rotatable bonds is 8. The minimum atomic E-state index is -0.567. The molecule has 174 valence electrons. The quantitative estimate of drug-likeness (QED) is 0.579. The Morgan fingerprint density at radius 3 is 1.88 bits per heavy atom. The van der Waals surface area contributed by atoms with Crippen LogP contribution < -0.4 is 10.6 Å². The maximum atomic E-state index is 12.9. The summed E-state index contributed by atoms with van der Waals surface area (Å²) in [5.41, 5.74) is 1.88. The molecule has 0 aliphatic rings. The number of amides is 1. The summed E-state index contributed by atoms with van der Waals surface area (Å²) in [6, 6.07) is 17.2. The van der Waals surface area contributed by atoms with Gasteiger partial charge in [0.15, 0.2) is 0 Å². The highest BCUT2D eigenvalue weighted by Crippen LogP contribution is 2.14. The minimum Gasteiger partial charge on any atom is -0.459 e. The average Bonchev–Trinajstić information content (AvgIpc) is 2.68. The van der Waals surface area contributed by atoms with Crippen molar-refractivity contribution < 1.29 is 19.1 Å². The molecular weight excluding hydrogens is 404 g/mol. The minimum absolute atomic E-state index is 0.286. The lowest BCUT2D eigenvalue weighted by atomic mass is 10.0. The highest BCUT2D eigenvalue weighted by Gasteiger charge is 2.25. The number of nitrogens with one attached hydrogen (secondary N) is 2. The third-order valence-corrected chi connectivity index (χ3v) is 4.45. The molecule has 6 heteroatoms. The fourth-order valence-electron chi connectivity index (χ4n) is 3.08. The van der Waals surface area contributed by atoms with Crippen molar-refractivity contribution in [2.75, 3.05) is 0 Å². The molecule has 0 aliphatic heterocycles. The monoisotopic (exact) mass is 440 g/mol. The zero-order valence-corrected chi connectivity index (χ0v) is 20.0. The van der Waals surface area contributed by atoms with E-state index in [-0.39, 0.29) is 5.97 Å². The molecule has 2 aromatic carbocycles. The largest absolute Gasteiger partial charge is 0.459 e. The fourth-order valence-corrected chi connectivity index (χ4v) is 3.08. The van der Waals surface area contributed by atoms with Crippen LogP contribution in [0.5, 0.6) is 0 Å². The van der Waals surface area contributed by atoms with E-state index < -0.39 is 23.3 Å². The van der Waals surface area contributed by atoms with E-state index in [0.29, 0.717) is 19.5 Å². The van der Waals surface area contributed by atoms with Crippen molar-refractivity contribution in [3.8, 4) is 0 Å². The van der Waals surface area contributed by atoms with Gasteiger partial charge in [-0.05, 0) is 64.7 Å². The molecule has 0 saturated carbocycles. The van der Waals surface area contributed by atoms with Crippen LogP contribution in [-0.4, -0.2) is 29.3 Å². The Labute approximate surface area is 191 Å². The first kappa shape index (κ1) is 25.4. The summed E-state index contributed by atoms with van der Waals surface area (Å²) in [4.78, 5) is 24.9. The van der Waals surface area contributed by atoms with Crippen molar-refractivity contribution in [1.29, 1.82) is 0 Å². The van der Waals surface area contributed by atoms with E-state index >= 15 is 0 Å². The topological polar surface area (TPSA) is 76.7 Å². The van der Waals surface area contributed by atoms with E-state index in [1.54, 1.807) is 0 Å². The summed E-state index contributed by atoms with van der Waals surface area (Å²) in [5, 5.41) is 6.15. The summed E-state index contributed by atoms with van der Waals surface area (Å²) in [7, 11) is 0. The summed E-state index contributed by atoms with van der Waals surface area (Å²) >= 11 is 0. The van der Waals surface area contributed by atoms with Gasteiger partial charge in [0.25, 0.3) is 0 Å². The molecule has 2 rings (SSSR count). The third kappa shape index (κ3) is 9.52. The van der Waals surface area contributed by atoms with Gasteiger partial charge in [-0.2, -0.15) is 0 Å². The van der Waals surface area contributed by atoms with Crippen LogP contribution in [0.3, 0.4) is 0 Å². The number of benzene rings is 2. The Bertz CT molecular complexity index is 883. The second-order valence-electron chi connectivity index (χ2n) is 9.78. The predicted molar refractivity (Wildman–Crippen MR) is 126 cm³/mol. The highest BCUT2D eigenvalue weighted by molar-refractivity contribution is 5.76. The third-order valence-electron chi connectivity index (χ3n) is 4.45. The van der Waals surface area contributed by atoms with Crippen LogP contribution in [0.4, 0.5) is 4.79 Å². The van der Waals surface area contributed by atoms with Gasteiger partial charge >= 0.3 is 12.1 Å². The maximum Gasteiger partial charge on any atom is 0.407 e. The number of alkyl carbamates (subject to hydrolysis) is 1. The summed E-state index contributed by atoms with van der Waals surface area (Å²) in [6.07, 6.45) is 0.0598. The fraction of sp³-hybridized carbons (Fsp3) is 0.462. The van der Waals surface area contributed by atoms with Gasteiger partial charge in [0.1, 0.15) is 17.2 Å². The van der Waals surface area contributed by atoms with Crippen molar-refractivity contribution >= 4 is 12.1 Å². The number of hydrogen-bond acceptors (Lipinski definition) is 5. The molecule has 0 bridgehead atoms. The molecule has 0 aliphatic carbocycles. The summed E-state index contributed by atoms with van der Waals surface area (Å²) in [5.74, 6) is -0.286. The van der Waals surface area contributed by atoms with Gasteiger partial charge < -0.3 is 20.1 Å². The van der Waals surface area contributed by atoms with E-state index in [1.807, 2.05) is 96.1 Å². The molecule has 0 unspecified atom stereocenters. The number of carbonyl (C=O) groups is 2. The van der Waals surface area contributed by atoms with E-state index in [2.05, 4.69) is 10.6 Å². The van der Waals surface area contributed by atoms with E-state index in [9.17, 15) is 9.59 Å². The van der Waals surface area contributed by atoms with Crippen LogP contribution in [0, 0.1) is 0 Å². The molecule has 0 heterocycles. The molecule has 0 aromatic heterocycles. The molecule has 32 heavy (non-hydrogen) atoms. The van der Waals surface area contributed by atoms with E-state index in [1.165, 1.54) is 0 Å². The van der Waals surface area contributed by atoms with Crippen molar-refractivity contribution in [2.45, 2.75) is 78.3 Å². The van der Waals surface area contributed by atoms with Crippen LogP contribution in [0.15, 0.2) is 54.6 Å². The standard InChI is InChI=1S/C26H36N2O4/c1-25(2,3)31-23(29)22(16-19-12-8-7-9-13-19)27-17-20-14-10-11-15-21(20)18-28-24(30)32-26(4,5)6/h7-15,22,27H,16-18H2,1-6H3,(H,28,30)/t22-/m1/s1. The van der Waals surface area contributed by atoms with Gasteiger partial charge in [-0.3, -0.25) is 4.79 Å². The van der Waals surface area contributed by atoms with E-state index in [0.717, 1.165) is 16.7 Å². The first-order valence-electron chi connectivity index (χ1n) is 11.0. The number of hydrogen-bond donors (Lipinski definition) is 2. The Hall–Kier alpha value is -2.86. The average molecular weight is 441 g/mol. The zero-order valence-electron chi connectivity index (χ0n) is 20.0. The summed E-state index contributed by atoms with van der Waals surface area (Å²) < 4.78 is 11.0. The Morgan fingerprint density at radius 1 is 0.781 bits per heavy atom. The van der Waals surface area contributed by atoms with Crippen LogP contribution in [0.25, 0.3) is 0 Å². The molecule has 1 amide bonds. The zero-order chi connectivity index (χ0) is 23.8. The van der Waals surface area contributed by atoms with Crippen molar-refractivity contribution in [1.82, 2.24) is 10.6 Å². The van der Waals surface area contributed by atoms with Crippen molar-refractivity contribution in [3.05, 3.63) is 71.3 Å². The lowest BCUT2D eigenvalue weighted by Crippen LogP contribution is -2.42. The lowest BCUT2D eigenvalue weighted by molar-refractivity contribution is -0.157. The SMILES string of the molecule is CC(C)(C)OC(=O)NCc1ccccc1CN[C@H](Cc1ccccc1)C(=O)OC(C)(C)C. The molecule has 0 fully saturated rings. The maximum absolute atomic E-state index is 12.9. The number of esters is 1. The Morgan fingerprint density at radius 2 is 1.31 bits per heavy atom. The Balaban J connectivity index is 2.08. The molecule has 6 nitrogen and oxygen atoms in total. The van der Waals surface area contributed by atoms with Crippen molar-refractivity contribution in [3.63, 3.8) is 0 Å². The first-order valence-corrected chi connectivity index (χ1v) is 11.0. The smallest absolute Gasteiger partial charge is 0.407 e. The lowest BCUT2D eigenvalue weighted by Gasteiger charge is -2.25. The molecule has 2 N–H and O–H groups in total. The van der Waals surface area contributed by atoms with Crippen LogP contribution in [-0.2, 0) is 33.8 Å². The molecule has 0 saturated heterocycles. The molecular formula is C26H36N2O4. The van der Waals surface area contributed by atoms with Gasteiger partial charge in [-0.25, -0.2) is 4.79 Å². The predicted octanol–water partition coefficient (Wildman–Crippen LogP) is 4.75.